The van der Waals surface area contributed by atoms with Gasteiger partial charge in [-0.15, -0.1) is 0 Å². The number of likely N-dealkylation sites (N-methyl/N-ethyl adjacent to an activating group) is 1. The summed E-state index contributed by atoms with van der Waals surface area (Å²) in [6, 6.07) is -0.445. The lowest BCUT2D eigenvalue weighted by Gasteiger charge is -2.16. The van der Waals surface area contributed by atoms with Gasteiger partial charge in [-0.05, 0) is 20.8 Å². The zero-order valence-electron chi connectivity index (χ0n) is 11.0. The van der Waals surface area contributed by atoms with Gasteiger partial charge in [-0.1, -0.05) is 0 Å². The molecule has 0 spiro atoms. The number of nitrogens with one attached hydrogen (secondary N) is 2. The largest absolute Gasteiger partial charge is 0.473 e. The summed E-state index contributed by atoms with van der Waals surface area (Å²) in [7, 11) is 1.57. The molecule has 1 atom stereocenters. The van der Waals surface area contributed by atoms with Crippen LogP contribution in [0.1, 0.15) is 20.8 Å². The van der Waals surface area contributed by atoms with Gasteiger partial charge in [-0.25, -0.2) is 4.98 Å². The Kier molecular flexibility index (Phi) is 4.70. The molecule has 7 nitrogen and oxygen atoms in total. The van der Waals surface area contributed by atoms with E-state index in [1.54, 1.807) is 14.0 Å². The number of nitrogens with zero attached hydrogens (tertiary/aromatic N) is 2. The number of aromatic nitrogens is 2. The first kappa shape index (κ1) is 14.0. The van der Waals surface area contributed by atoms with Crippen molar-refractivity contribution in [2.45, 2.75) is 32.9 Å². The van der Waals surface area contributed by atoms with Crippen molar-refractivity contribution in [2.24, 2.45) is 0 Å². The van der Waals surface area contributed by atoms with Gasteiger partial charge in [0.15, 0.2) is 5.82 Å². The molecule has 18 heavy (non-hydrogen) atoms. The molecule has 0 aromatic carbocycles. The van der Waals surface area contributed by atoms with E-state index >= 15 is 0 Å². The quantitative estimate of drug-likeness (QED) is 0.701. The maximum atomic E-state index is 11.4. The van der Waals surface area contributed by atoms with E-state index in [0.717, 1.165) is 0 Å². The summed E-state index contributed by atoms with van der Waals surface area (Å²) >= 11 is 0. The van der Waals surface area contributed by atoms with Crippen molar-refractivity contribution in [1.82, 2.24) is 15.3 Å². The van der Waals surface area contributed by atoms with E-state index in [0.29, 0.717) is 17.4 Å². The number of amides is 1. The molecule has 0 aliphatic rings. The summed E-state index contributed by atoms with van der Waals surface area (Å²) in [4.78, 5) is 19.3. The molecule has 0 saturated carbocycles. The standard InChI is InChI=1S/C11H19N5O2/c1-6(2)18-11-8(12)9(14-5-15-11)16-7(3)10(17)13-4/h5-7H,12H2,1-4H3,(H,13,17)(H,14,15,16). The fraction of sp³-hybridized carbons (Fsp3) is 0.545. The molecule has 0 aliphatic carbocycles. The molecule has 1 aromatic rings. The first-order valence-electron chi connectivity index (χ1n) is 5.71. The molecule has 1 aromatic heterocycles. The number of nitrogen functional groups attached to an aromatic ring is 1. The molecule has 0 fully saturated rings. The van der Waals surface area contributed by atoms with Crippen LogP contribution in [0.4, 0.5) is 11.5 Å². The normalized spacial score (nSPS) is 12.1. The monoisotopic (exact) mass is 253 g/mol. The third kappa shape index (κ3) is 3.47. The summed E-state index contributed by atoms with van der Waals surface area (Å²) in [6.45, 7) is 5.47. The number of anilines is 2. The Balaban J connectivity index is 2.87. The second kappa shape index (κ2) is 6.04. The minimum Gasteiger partial charge on any atom is -0.473 e. The molecule has 7 heteroatoms. The highest BCUT2D eigenvalue weighted by Crippen LogP contribution is 2.25. The molecule has 0 aliphatic heterocycles. The zero-order chi connectivity index (χ0) is 13.7. The predicted octanol–water partition coefficient (Wildman–Crippen LogP) is 0.392. The molecule has 0 bridgehead atoms. The Morgan fingerprint density at radius 3 is 2.61 bits per heavy atom. The highest BCUT2D eigenvalue weighted by molar-refractivity contribution is 5.84. The van der Waals surface area contributed by atoms with Crippen molar-refractivity contribution < 1.29 is 9.53 Å². The van der Waals surface area contributed by atoms with Gasteiger partial charge in [0, 0.05) is 7.05 Å². The summed E-state index contributed by atoms with van der Waals surface area (Å²) in [5, 5.41) is 5.44. The molecule has 4 N–H and O–H groups in total. The summed E-state index contributed by atoms with van der Waals surface area (Å²) in [5.74, 6) is 0.544. The van der Waals surface area contributed by atoms with Crippen LogP contribution in [0, 0.1) is 0 Å². The van der Waals surface area contributed by atoms with E-state index in [4.69, 9.17) is 10.5 Å². The summed E-state index contributed by atoms with van der Waals surface area (Å²) in [5.41, 5.74) is 6.17. The van der Waals surface area contributed by atoms with E-state index in [2.05, 4.69) is 20.6 Å². The predicted molar refractivity (Wildman–Crippen MR) is 69.4 cm³/mol. The molecule has 100 valence electrons. The van der Waals surface area contributed by atoms with Crippen molar-refractivity contribution in [1.29, 1.82) is 0 Å². The fourth-order valence-corrected chi connectivity index (χ4v) is 1.30. The van der Waals surface area contributed by atoms with Gasteiger partial charge in [0.25, 0.3) is 0 Å². The van der Waals surface area contributed by atoms with E-state index in [1.165, 1.54) is 6.33 Å². The number of carbonyl (C=O) groups is 1. The highest BCUT2D eigenvalue weighted by Gasteiger charge is 2.16. The topological polar surface area (TPSA) is 102 Å². The molecular formula is C11H19N5O2. The number of carbonyl (C=O) groups excluding carboxylic acids is 1. The first-order chi connectivity index (χ1) is 8.45. The SMILES string of the molecule is CNC(=O)C(C)Nc1ncnc(OC(C)C)c1N. The molecule has 1 rings (SSSR count). The van der Waals surface area contributed by atoms with Crippen LogP contribution in [0.25, 0.3) is 0 Å². The zero-order valence-corrected chi connectivity index (χ0v) is 11.0. The number of rotatable bonds is 5. The van der Waals surface area contributed by atoms with E-state index in [9.17, 15) is 4.79 Å². The first-order valence-corrected chi connectivity index (χ1v) is 5.71. The minimum atomic E-state index is -0.445. The van der Waals surface area contributed by atoms with Crippen LogP contribution < -0.4 is 21.1 Å². The Hall–Kier alpha value is -2.05. The number of hydrogen-bond acceptors (Lipinski definition) is 6. The number of hydrogen-bond donors (Lipinski definition) is 3. The Morgan fingerprint density at radius 2 is 2.06 bits per heavy atom. The van der Waals surface area contributed by atoms with Crippen molar-refractivity contribution >= 4 is 17.4 Å². The van der Waals surface area contributed by atoms with E-state index in [1.807, 2.05) is 13.8 Å². The van der Waals surface area contributed by atoms with Crippen LogP contribution in [-0.4, -0.2) is 35.1 Å². The average molecular weight is 253 g/mol. The molecule has 1 amide bonds. The third-order valence-electron chi connectivity index (χ3n) is 2.19. The Bertz CT molecular complexity index is 422. The van der Waals surface area contributed by atoms with Crippen LogP contribution in [0.2, 0.25) is 0 Å². The van der Waals surface area contributed by atoms with Gasteiger partial charge in [-0.2, -0.15) is 4.98 Å². The Labute approximate surface area is 106 Å². The van der Waals surface area contributed by atoms with Crippen LogP contribution in [0.15, 0.2) is 6.33 Å². The molecule has 0 saturated heterocycles. The molecule has 0 radical (unpaired) electrons. The van der Waals surface area contributed by atoms with E-state index < -0.39 is 6.04 Å². The van der Waals surface area contributed by atoms with Crippen molar-refractivity contribution in [3.63, 3.8) is 0 Å². The number of ether oxygens (including phenoxy) is 1. The molecule has 1 unspecified atom stereocenters. The fourth-order valence-electron chi connectivity index (χ4n) is 1.30. The minimum absolute atomic E-state index is 0.0357. The van der Waals surface area contributed by atoms with Gasteiger partial charge in [0.1, 0.15) is 18.1 Å². The second-order valence-electron chi connectivity index (χ2n) is 4.09. The highest BCUT2D eigenvalue weighted by atomic mass is 16.5. The maximum Gasteiger partial charge on any atom is 0.242 e. The van der Waals surface area contributed by atoms with Gasteiger partial charge >= 0.3 is 0 Å². The Morgan fingerprint density at radius 1 is 1.39 bits per heavy atom. The van der Waals surface area contributed by atoms with Gasteiger partial charge < -0.3 is 21.1 Å². The van der Waals surface area contributed by atoms with Crippen molar-refractivity contribution in [3.05, 3.63) is 6.33 Å². The molecule has 1 heterocycles. The lowest BCUT2D eigenvalue weighted by Crippen LogP contribution is -2.35. The van der Waals surface area contributed by atoms with Gasteiger partial charge in [0.05, 0.1) is 6.10 Å². The second-order valence-corrected chi connectivity index (χ2v) is 4.09. The average Bonchev–Trinajstić information content (AvgIpc) is 2.32. The van der Waals surface area contributed by atoms with Crippen molar-refractivity contribution in [3.8, 4) is 5.88 Å². The van der Waals surface area contributed by atoms with Crippen LogP contribution in [-0.2, 0) is 4.79 Å². The van der Waals surface area contributed by atoms with Crippen LogP contribution in [0.3, 0.4) is 0 Å². The molecular weight excluding hydrogens is 234 g/mol. The maximum absolute atomic E-state index is 11.4. The van der Waals surface area contributed by atoms with Crippen LogP contribution in [0.5, 0.6) is 5.88 Å². The smallest absolute Gasteiger partial charge is 0.242 e. The third-order valence-corrected chi connectivity index (χ3v) is 2.19. The van der Waals surface area contributed by atoms with Gasteiger partial charge in [0.2, 0.25) is 11.8 Å². The van der Waals surface area contributed by atoms with Crippen molar-refractivity contribution in [2.75, 3.05) is 18.1 Å². The summed E-state index contributed by atoms with van der Waals surface area (Å²) < 4.78 is 5.44. The van der Waals surface area contributed by atoms with E-state index in [-0.39, 0.29) is 12.0 Å². The lowest BCUT2D eigenvalue weighted by atomic mass is 10.3. The number of nitrogens with two attached hydrogens (primary N) is 1. The van der Waals surface area contributed by atoms with Gasteiger partial charge in [-0.3, -0.25) is 4.79 Å². The summed E-state index contributed by atoms with van der Waals surface area (Å²) in [6.07, 6.45) is 1.30. The van der Waals surface area contributed by atoms with Crippen LogP contribution >= 0.6 is 0 Å². The lowest BCUT2D eigenvalue weighted by molar-refractivity contribution is -0.121.